The third-order valence-electron chi connectivity index (χ3n) is 5.00. The molecule has 0 radical (unpaired) electrons. The summed E-state index contributed by atoms with van der Waals surface area (Å²) in [5.41, 5.74) is 2.07. The molecule has 1 N–H and O–H groups in total. The van der Waals surface area contributed by atoms with Crippen LogP contribution in [0.4, 0.5) is 0 Å². The monoisotopic (exact) mass is 407 g/mol. The van der Waals surface area contributed by atoms with Gasteiger partial charge in [-0.15, -0.1) is 0 Å². The Bertz CT molecular complexity index is 787. The van der Waals surface area contributed by atoms with Crippen molar-refractivity contribution in [1.29, 1.82) is 0 Å². The Morgan fingerprint density at radius 1 is 1.15 bits per heavy atom. The number of rotatable bonds is 6. The van der Waals surface area contributed by atoms with Crippen LogP contribution in [-0.4, -0.2) is 35.7 Å². The van der Waals surface area contributed by atoms with Crippen molar-refractivity contribution in [2.75, 3.05) is 19.7 Å². The number of ether oxygens (including phenoxy) is 1. The minimum Gasteiger partial charge on any atom is -0.494 e. The Morgan fingerprint density at radius 2 is 1.78 bits per heavy atom. The van der Waals surface area contributed by atoms with Crippen LogP contribution in [0.3, 0.4) is 0 Å². The highest BCUT2D eigenvalue weighted by molar-refractivity contribution is 6.31. The van der Waals surface area contributed by atoms with Gasteiger partial charge in [-0.2, -0.15) is 0 Å². The van der Waals surface area contributed by atoms with Crippen molar-refractivity contribution in [2.45, 2.75) is 25.8 Å². The lowest BCUT2D eigenvalue weighted by molar-refractivity contribution is -0.143. The van der Waals surface area contributed by atoms with Crippen LogP contribution >= 0.6 is 23.2 Å². The molecule has 3 rings (SSSR count). The van der Waals surface area contributed by atoms with Crippen LogP contribution in [0.25, 0.3) is 0 Å². The Balaban J connectivity index is 2.00. The number of likely N-dealkylation sites (tertiary alicyclic amines) is 1. The van der Waals surface area contributed by atoms with E-state index in [-0.39, 0.29) is 12.0 Å². The van der Waals surface area contributed by atoms with Crippen molar-refractivity contribution in [2.24, 2.45) is 5.92 Å². The lowest BCUT2D eigenvalue weighted by atomic mass is 9.91. The summed E-state index contributed by atoms with van der Waals surface area (Å²) >= 11 is 12.4. The Hall–Kier alpha value is -1.75. The van der Waals surface area contributed by atoms with Crippen LogP contribution in [0.5, 0.6) is 5.75 Å². The van der Waals surface area contributed by atoms with E-state index >= 15 is 0 Å². The number of nitrogens with zero attached hydrogens (tertiary/aromatic N) is 1. The van der Waals surface area contributed by atoms with Crippen molar-refractivity contribution >= 4 is 29.2 Å². The van der Waals surface area contributed by atoms with E-state index in [1.165, 1.54) is 0 Å². The van der Waals surface area contributed by atoms with E-state index in [0.717, 1.165) is 16.9 Å². The maximum atomic E-state index is 11.3. The van der Waals surface area contributed by atoms with Gasteiger partial charge in [-0.25, -0.2) is 0 Å². The molecule has 0 aromatic heterocycles. The quantitative estimate of drug-likeness (QED) is 0.707. The van der Waals surface area contributed by atoms with E-state index in [0.29, 0.717) is 42.6 Å². The highest BCUT2D eigenvalue weighted by Gasteiger charge is 2.31. The SMILES string of the molecule is CCOc1ccc(Cl)cc1C(c1ccc(Cl)cc1)N1CCC(C(=O)O)CC1. The van der Waals surface area contributed by atoms with Crippen molar-refractivity contribution < 1.29 is 14.6 Å². The van der Waals surface area contributed by atoms with Gasteiger partial charge in [0.25, 0.3) is 0 Å². The lowest BCUT2D eigenvalue weighted by Crippen LogP contribution is -2.39. The van der Waals surface area contributed by atoms with Gasteiger partial charge < -0.3 is 9.84 Å². The smallest absolute Gasteiger partial charge is 0.306 e. The summed E-state index contributed by atoms with van der Waals surface area (Å²) in [6.07, 6.45) is 1.26. The molecule has 0 amide bonds. The fourth-order valence-electron chi connectivity index (χ4n) is 3.66. The van der Waals surface area contributed by atoms with Gasteiger partial charge in [-0.1, -0.05) is 35.3 Å². The fourth-order valence-corrected chi connectivity index (χ4v) is 3.96. The molecule has 144 valence electrons. The molecule has 1 atom stereocenters. The molecule has 1 heterocycles. The predicted octanol–water partition coefficient (Wildman–Crippen LogP) is 5.28. The molecular weight excluding hydrogens is 385 g/mol. The van der Waals surface area contributed by atoms with E-state index in [1.54, 1.807) is 0 Å². The predicted molar refractivity (Wildman–Crippen MR) is 108 cm³/mol. The average Bonchev–Trinajstić information content (AvgIpc) is 2.66. The Kier molecular flexibility index (Phi) is 6.64. The first-order valence-corrected chi connectivity index (χ1v) is 9.89. The number of carbonyl (C=O) groups is 1. The van der Waals surface area contributed by atoms with Crippen molar-refractivity contribution in [3.8, 4) is 5.75 Å². The molecule has 0 spiro atoms. The first-order valence-electron chi connectivity index (χ1n) is 9.14. The van der Waals surface area contributed by atoms with E-state index in [2.05, 4.69) is 4.90 Å². The maximum absolute atomic E-state index is 11.3. The van der Waals surface area contributed by atoms with Crippen molar-refractivity contribution in [3.63, 3.8) is 0 Å². The van der Waals surface area contributed by atoms with Crippen LogP contribution in [0, 0.1) is 5.92 Å². The number of piperidine rings is 1. The topological polar surface area (TPSA) is 49.8 Å². The third-order valence-corrected chi connectivity index (χ3v) is 5.48. The molecule has 0 bridgehead atoms. The molecular formula is C21H23Cl2NO3. The zero-order chi connectivity index (χ0) is 19.4. The van der Waals surface area contributed by atoms with Gasteiger partial charge in [-0.3, -0.25) is 9.69 Å². The first kappa shape index (κ1) is 20.0. The summed E-state index contributed by atoms with van der Waals surface area (Å²) in [5, 5.41) is 10.6. The third kappa shape index (κ3) is 4.75. The molecule has 1 aliphatic heterocycles. The van der Waals surface area contributed by atoms with Crippen LogP contribution in [0.2, 0.25) is 10.0 Å². The van der Waals surface area contributed by atoms with Gasteiger partial charge in [0.15, 0.2) is 0 Å². The summed E-state index contributed by atoms with van der Waals surface area (Å²) in [6, 6.07) is 13.4. The second-order valence-electron chi connectivity index (χ2n) is 6.72. The molecule has 2 aromatic rings. The minimum atomic E-state index is -0.713. The van der Waals surface area contributed by atoms with Gasteiger partial charge in [0, 0.05) is 15.6 Å². The van der Waals surface area contributed by atoms with Crippen LogP contribution in [-0.2, 0) is 4.79 Å². The number of benzene rings is 2. The molecule has 27 heavy (non-hydrogen) atoms. The number of carboxylic acids is 1. The molecule has 2 aromatic carbocycles. The number of halogens is 2. The van der Waals surface area contributed by atoms with Gasteiger partial charge in [-0.05, 0) is 68.8 Å². The normalized spacial score (nSPS) is 16.9. The Labute approximate surface area is 169 Å². The summed E-state index contributed by atoms with van der Waals surface area (Å²) in [7, 11) is 0. The second-order valence-corrected chi connectivity index (χ2v) is 7.59. The molecule has 0 aliphatic carbocycles. The molecule has 1 unspecified atom stereocenters. The fraction of sp³-hybridized carbons (Fsp3) is 0.381. The van der Waals surface area contributed by atoms with E-state index in [1.807, 2.05) is 49.4 Å². The van der Waals surface area contributed by atoms with Crippen molar-refractivity contribution in [3.05, 3.63) is 63.6 Å². The number of carboxylic acid groups (broad SMARTS) is 1. The summed E-state index contributed by atoms with van der Waals surface area (Å²) in [5.74, 6) is -0.199. The van der Waals surface area contributed by atoms with Gasteiger partial charge in [0.05, 0.1) is 18.6 Å². The zero-order valence-corrected chi connectivity index (χ0v) is 16.7. The van der Waals surface area contributed by atoms with Gasteiger partial charge in [0.1, 0.15) is 5.75 Å². The summed E-state index contributed by atoms with van der Waals surface area (Å²) in [6.45, 7) is 3.90. The lowest BCUT2D eigenvalue weighted by Gasteiger charge is -2.37. The molecule has 1 saturated heterocycles. The highest BCUT2D eigenvalue weighted by Crippen LogP contribution is 2.38. The molecule has 1 aliphatic rings. The number of hydrogen-bond acceptors (Lipinski definition) is 3. The van der Waals surface area contributed by atoms with E-state index < -0.39 is 5.97 Å². The Morgan fingerprint density at radius 3 is 2.37 bits per heavy atom. The summed E-state index contributed by atoms with van der Waals surface area (Å²) in [4.78, 5) is 13.6. The van der Waals surface area contributed by atoms with Gasteiger partial charge in [0.2, 0.25) is 0 Å². The average molecular weight is 408 g/mol. The first-order chi connectivity index (χ1) is 13.0. The molecule has 1 fully saturated rings. The second kappa shape index (κ2) is 8.96. The van der Waals surface area contributed by atoms with Crippen LogP contribution in [0.1, 0.15) is 36.9 Å². The largest absolute Gasteiger partial charge is 0.494 e. The van der Waals surface area contributed by atoms with E-state index in [4.69, 9.17) is 27.9 Å². The van der Waals surface area contributed by atoms with Crippen LogP contribution in [0.15, 0.2) is 42.5 Å². The molecule has 6 heteroatoms. The van der Waals surface area contributed by atoms with E-state index in [9.17, 15) is 9.90 Å². The molecule has 0 saturated carbocycles. The number of aliphatic carboxylic acids is 1. The van der Waals surface area contributed by atoms with Gasteiger partial charge >= 0.3 is 5.97 Å². The highest BCUT2D eigenvalue weighted by atomic mass is 35.5. The number of hydrogen-bond donors (Lipinski definition) is 1. The zero-order valence-electron chi connectivity index (χ0n) is 15.2. The minimum absolute atomic E-state index is 0.0720. The van der Waals surface area contributed by atoms with Crippen LogP contribution < -0.4 is 4.74 Å². The molecule has 4 nitrogen and oxygen atoms in total. The van der Waals surface area contributed by atoms with Crippen molar-refractivity contribution in [1.82, 2.24) is 4.90 Å². The maximum Gasteiger partial charge on any atom is 0.306 e. The summed E-state index contributed by atoms with van der Waals surface area (Å²) < 4.78 is 5.86. The standard InChI is InChI=1S/C21H23Cl2NO3/c1-2-27-19-8-7-17(23)13-18(19)20(14-3-5-16(22)6-4-14)24-11-9-15(10-12-24)21(25)26/h3-8,13,15,20H,2,9-12H2,1H3,(H,25,26).